The second kappa shape index (κ2) is 6.84. The Morgan fingerprint density at radius 1 is 1.33 bits per heavy atom. The molecule has 8 heteroatoms. The van der Waals surface area contributed by atoms with Crippen LogP contribution in [0.25, 0.3) is 11.0 Å². The predicted octanol–water partition coefficient (Wildman–Crippen LogP) is 2.31. The van der Waals surface area contributed by atoms with E-state index in [-0.39, 0.29) is 24.9 Å². The lowest BCUT2D eigenvalue weighted by Crippen LogP contribution is -2.33. The number of benzene rings is 2. The lowest BCUT2D eigenvalue weighted by Gasteiger charge is -2.17. The highest BCUT2D eigenvalue weighted by molar-refractivity contribution is 6.31. The Hall–Kier alpha value is -2.67. The summed E-state index contributed by atoms with van der Waals surface area (Å²) in [6.07, 6.45) is 0. The smallest absolute Gasteiger partial charge is 0.263 e. The first-order chi connectivity index (χ1) is 11.5. The summed E-state index contributed by atoms with van der Waals surface area (Å²) in [4.78, 5) is 20.1. The van der Waals surface area contributed by atoms with E-state index in [0.29, 0.717) is 21.6 Å². The third-order valence-electron chi connectivity index (χ3n) is 3.42. The fourth-order valence-corrected chi connectivity index (χ4v) is 2.36. The highest BCUT2D eigenvalue weighted by Crippen LogP contribution is 2.16. The van der Waals surface area contributed by atoms with Gasteiger partial charge in [0.25, 0.3) is 5.91 Å². The Kier molecular flexibility index (Phi) is 4.61. The van der Waals surface area contributed by atoms with Gasteiger partial charge in [0.2, 0.25) is 0 Å². The van der Waals surface area contributed by atoms with E-state index in [1.54, 1.807) is 37.4 Å². The van der Waals surface area contributed by atoms with Crippen molar-refractivity contribution < 1.29 is 14.0 Å². The van der Waals surface area contributed by atoms with Gasteiger partial charge in [-0.3, -0.25) is 4.79 Å². The van der Waals surface area contributed by atoms with Crippen molar-refractivity contribution in [3.8, 4) is 0 Å². The van der Waals surface area contributed by atoms with Crippen molar-refractivity contribution in [3.63, 3.8) is 0 Å². The molecule has 3 rings (SSSR count). The minimum atomic E-state index is -0.337. The zero-order valence-electron chi connectivity index (χ0n) is 12.8. The van der Waals surface area contributed by atoms with Crippen LogP contribution in [0.5, 0.6) is 0 Å². The predicted molar refractivity (Wildman–Crippen MR) is 86.9 cm³/mol. The lowest BCUT2D eigenvalue weighted by molar-refractivity contribution is -0.136. The summed E-state index contributed by atoms with van der Waals surface area (Å²) < 4.78 is 13.2. The van der Waals surface area contributed by atoms with E-state index >= 15 is 0 Å². The lowest BCUT2D eigenvalue weighted by atomic mass is 10.2. The summed E-state index contributed by atoms with van der Waals surface area (Å²) in [7, 11) is 1.62. The van der Waals surface area contributed by atoms with Crippen LogP contribution in [0, 0.1) is 5.82 Å². The number of hydrogen-bond acceptors (Lipinski definition) is 4. The van der Waals surface area contributed by atoms with Crippen LogP contribution in [-0.2, 0) is 11.3 Å². The van der Waals surface area contributed by atoms with Crippen molar-refractivity contribution in [1.29, 1.82) is 0 Å². The molecule has 0 radical (unpaired) electrons. The standard InChI is InChI=1S/C16H14ClFN4O2/c1-21(9-11-3-2-4-13(18)7-11)16(23)10-24-22-15-8-12(17)5-6-14(15)19-20-22/h2-8H,9-10H2,1H3. The molecule has 0 aliphatic heterocycles. The molecule has 0 spiro atoms. The van der Waals surface area contributed by atoms with Crippen LogP contribution in [0.4, 0.5) is 4.39 Å². The number of carbonyl (C=O) groups is 1. The fraction of sp³-hybridized carbons (Fsp3) is 0.188. The van der Waals surface area contributed by atoms with Crippen LogP contribution < -0.4 is 4.84 Å². The molecule has 2 aromatic carbocycles. The fourth-order valence-electron chi connectivity index (χ4n) is 2.19. The molecule has 1 heterocycles. The Morgan fingerprint density at radius 3 is 2.96 bits per heavy atom. The van der Waals surface area contributed by atoms with Gasteiger partial charge in [-0.1, -0.05) is 28.6 Å². The number of halogens is 2. The number of rotatable bonds is 5. The summed E-state index contributed by atoms with van der Waals surface area (Å²) in [5.41, 5.74) is 1.88. The summed E-state index contributed by atoms with van der Waals surface area (Å²) in [5, 5.41) is 8.27. The van der Waals surface area contributed by atoms with Gasteiger partial charge in [-0.15, -0.1) is 5.10 Å². The van der Waals surface area contributed by atoms with Gasteiger partial charge in [-0.25, -0.2) is 4.39 Å². The van der Waals surface area contributed by atoms with Crippen LogP contribution in [0.2, 0.25) is 5.02 Å². The monoisotopic (exact) mass is 348 g/mol. The van der Waals surface area contributed by atoms with E-state index in [0.717, 1.165) is 4.85 Å². The Labute approximate surface area is 142 Å². The molecule has 124 valence electrons. The topological polar surface area (TPSA) is 60.2 Å². The second-order valence-corrected chi connectivity index (χ2v) is 5.69. The van der Waals surface area contributed by atoms with E-state index in [1.807, 2.05) is 0 Å². The Bertz CT molecular complexity index is 883. The van der Waals surface area contributed by atoms with Crippen molar-refractivity contribution in [3.05, 3.63) is 58.9 Å². The van der Waals surface area contributed by atoms with Crippen molar-refractivity contribution in [1.82, 2.24) is 20.1 Å². The molecular weight excluding hydrogens is 335 g/mol. The molecular formula is C16H14ClFN4O2. The van der Waals surface area contributed by atoms with Crippen LogP contribution in [0.3, 0.4) is 0 Å². The summed E-state index contributed by atoms with van der Waals surface area (Å²) in [6.45, 7) is 0.0562. The number of amides is 1. The summed E-state index contributed by atoms with van der Waals surface area (Å²) >= 11 is 5.93. The van der Waals surface area contributed by atoms with Gasteiger partial charge < -0.3 is 9.74 Å². The number of likely N-dealkylation sites (N-methyl/N-ethyl adjacent to an activating group) is 1. The third kappa shape index (κ3) is 3.62. The van der Waals surface area contributed by atoms with Crippen molar-refractivity contribution >= 4 is 28.5 Å². The molecule has 0 atom stereocenters. The number of hydrogen-bond donors (Lipinski definition) is 0. The highest BCUT2D eigenvalue weighted by Gasteiger charge is 2.13. The molecule has 0 unspecified atom stereocenters. The molecule has 1 amide bonds. The van der Waals surface area contributed by atoms with Gasteiger partial charge in [0, 0.05) is 18.6 Å². The maximum atomic E-state index is 13.2. The van der Waals surface area contributed by atoms with Gasteiger partial charge in [-0.05, 0) is 41.1 Å². The first-order valence-electron chi connectivity index (χ1n) is 7.15. The molecule has 24 heavy (non-hydrogen) atoms. The van der Waals surface area contributed by atoms with Crippen molar-refractivity contribution in [2.75, 3.05) is 13.7 Å². The molecule has 0 bridgehead atoms. The molecule has 0 fully saturated rings. The molecule has 0 saturated heterocycles. The normalized spacial score (nSPS) is 10.8. The zero-order chi connectivity index (χ0) is 17.1. The maximum Gasteiger partial charge on any atom is 0.263 e. The van der Waals surface area contributed by atoms with Gasteiger partial charge in [0.05, 0.1) is 0 Å². The van der Waals surface area contributed by atoms with Crippen LogP contribution in [-0.4, -0.2) is 39.6 Å². The van der Waals surface area contributed by atoms with Crippen molar-refractivity contribution in [2.24, 2.45) is 0 Å². The van der Waals surface area contributed by atoms with E-state index in [9.17, 15) is 9.18 Å². The third-order valence-corrected chi connectivity index (χ3v) is 3.66. The van der Waals surface area contributed by atoms with E-state index in [2.05, 4.69) is 10.3 Å². The Balaban J connectivity index is 1.63. The average molecular weight is 349 g/mol. The number of fused-ring (bicyclic) bond motifs is 1. The molecule has 0 N–H and O–H groups in total. The SMILES string of the molecule is CN(Cc1cccc(F)c1)C(=O)COn1nnc2ccc(Cl)cc21. The number of carbonyl (C=O) groups excluding carboxylic acids is 1. The molecule has 0 aliphatic carbocycles. The van der Waals surface area contributed by atoms with E-state index in [1.165, 1.54) is 17.0 Å². The van der Waals surface area contributed by atoms with Gasteiger partial charge in [-0.2, -0.15) is 0 Å². The summed E-state index contributed by atoms with van der Waals surface area (Å²) in [6, 6.07) is 11.2. The zero-order valence-corrected chi connectivity index (χ0v) is 13.6. The Morgan fingerprint density at radius 2 is 2.17 bits per heavy atom. The van der Waals surface area contributed by atoms with Gasteiger partial charge in [0.15, 0.2) is 6.61 Å². The highest BCUT2D eigenvalue weighted by atomic mass is 35.5. The van der Waals surface area contributed by atoms with E-state index in [4.69, 9.17) is 16.4 Å². The molecule has 0 aliphatic rings. The van der Waals surface area contributed by atoms with E-state index < -0.39 is 0 Å². The molecule has 6 nitrogen and oxygen atoms in total. The summed E-state index contributed by atoms with van der Waals surface area (Å²) in [5.74, 6) is -0.611. The van der Waals surface area contributed by atoms with Crippen molar-refractivity contribution in [2.45, 2.75) is 6.54 Å². The molecule has 3 aromatic rings. The second-order valence-electron chi connectivity index (χ2n) is 5.25. The average Bonchev–Trinajstić information content (AvgIpc) is 2.94. The van der Waals surface area contributed by atoms with Crippen LogP contribution in [0.1, 0.15) is 5.56 Å². The maximum absolute atomic E-state index is 13.2. The largest absolute Gasteiger partial charge is 0.385 e. The minimum Gasteiger partial charge on any atom is -0.385 e. The minimum absolute atomic E-state index is 0.225. The first-order valence-corrected chi connectivity index (χ1v) is 7.53. The quantitative estimate of drug-likeness (QED) is 0.710. The van der Waals surface area contributed by atoms with Gasteiger partial charge in [0.1, 0.15) is 16.9 Å². The van der Waals surface area contributed by atoms with Gasteiger partial charge >= 0.3 is 0 Å². The van der Waals surface area contributed by atoms with Crippen LogP contribution in [0.15, 0.2) is 42.5 Å². The first kappa shape index (κ1) is 16.2. The molecule has 0 saturated carbocycles. The number of aromatic nitrogens is 3. The molecule has 1 aromatic heterocycles. The van der Waals surface area contributed by atoms with Crippen LogP contribution >= 0.6 is 11.6 Å². The number of nitrogens with zero attached hydrogens (tertiary/aromatic N) is 4.